The Morgan fingerprint density at radius 1 is 1.00 bits per heavy atom. The Morgan fingerprint density at radius 3 is 2.59 bits per heavy atom. The first kappa shape index (κ1) is 18.6. The molecular weight excluding hydrogens is 366 g/mol. The van der Waals surface area contributed by atoms with Gasteiger partial charge in [-0.25, -0.2) is 9.97 Å². The summed E-state index contributed by atoms with van der Waals surface area (Å²) in [5.41, 5.74) is 2.10. The van der Waals surface area contributed by atoms with Gasteiger partial charge in [-0.2, -0.15) is 0 Å². The zero-order valence-corrected chi connectivity index (χ0v) is 17.1. The number of aromatic nitrogens is 2. The highest BCUT2D eigenvalue weighted by molar-refractivity contribution is 5.87. The van der Waals surface area contributed by atoms with Crippen molar-refractivity contribution in [3.05, 3.63) is 24.5 Å². The zero-order valence-electron chi connectivity index (χ0n) is 17.1. The van der Waals surface area contributed by atoms with E-state index in [0.29, 0.717) is 12.0 Å². The van der Waals surface area contributed by atoms with Gasteiger partial charge in [0.05, 0.1) is 16.9 Å². The molecule has 1 atom stereocenters. The fraction of sp³-hybridized carbons (Fsp3) is 0.591. The molecule has 7 heteroatoms. The molecule has 29 heavy (non-hydrogen) atoms. The second-order valence-corrected chi connectivity index (χ2v) is 8.49. The highest BCUT2D eigenvalue weighted by Crippen LogP contribution is 2.31. The zero-order chi connectivity index (χ0) is 19.8. The van der Waals surface area contributed by atoms with Gasteiger partial charge in [0.1, 0.15) is 12.4 Å². The van der Waals surface area contributed by atoms with Crippen LogP contribution >= 0.6 is 0 Å². The van der Waals surface area contributed by atoms with Gasteiger partial charge in [0.25, 0.3) is 0 Å². The Kier molecular flexibility index (Phi) is 4.99. The van der Waals surface area contributed by atoms with E-state index in [0.717, 1.165) is 69.3 Å². The molecule has 1 unspecified atom stereocenters. The van der Waals surface area contributed by atoms with Crippen molar-refractivity contribution in [2.24, 2.45) is 0 Å². The third-order valence-corrected chi connectivity index (χ3v) is 6.67. The maximum atomic E-state index is 12.5. The van der Waals surface area contributed by atoms with Crippen LogP contribution in [0, 0.1) is 0 Å². The monoisotopic (exact) mass is 395 g/mol. The number of piperazine rings is 1. The minimum Gasteiger partial charge on any atom is -0.474 e. The normalized spacial score (nSPS) is 24.0. The Balaban J connectivity index is 1.30. The average Bonchev–Trinajstić information content (AvgIpc) is 2.72. The molecular formula is C22H29N5O2. The summed E-state index contributed by atoms with van der Waals surface area (Å²) >= 11 is 0. The van der Waals surface area contributed by atoms with E-state index in [2.05, 4.69) is 38.0 Å². The second-order valence-electron chi connectivity index (χ2n) is 8.49. The molecule has 1 amide bonds. The van der Waals surface area contributed by atoms with Gasteiger partial charge in [0.2, 0.25) is 11.8 Å². The lowest BCUT2D eigenvalue weighted by Gasteiger charge is -2.42. The van der Waals surface area contributed by atoms with Crippen molar-refractivity contribution in [2.45, 2.75) is 44.2 Å². The SMILES string of the molecule is CN1CCCC(N2CCN(c3ccc4ncnc(OC5CCC5)c4c3)CC2)C1=O. The maximum absolute atomic E-state index is 12.5. The molecule has 2 saturated heterocycles. The number of hydrogen-bond acceptors (Lipinski definition) is 6. The number of fused-ring (bicyclic) bond motifs is 1. The third kappa shape index (κ3) is 3.64. The molecule has 1 saturated carbocycles. The maximum Gasteiger partial charge on any atom is 0.239 e. The van der Waals surface area contributed by atoms with Crippen LogP contribution in [0.4, 0.5) is 5.69 Å². The van der Waals surface area contributed by atoms with Crippen molar-refractivity contribution in [1.82, 2.24) is 19.8 Å². The molecule has 2 aliphatic heterocycles. The number of benzene rings is 1. The first-order valence-electron chi connectivity index (χ1n) is 10.8. The lowest BCUT2D eigenvalue weighted by Crippen LogP contribution is -2.57. The predicted molar refractivity (Wildman–Crippen MR) is 112 cm³/mol. The number of hydrogen-bond donors (Lipinski definition) is 0. The van der Waals surface area contributed by atoms with E-state index in [1.807, 2.05) is 11.9 Å². The fourth-order valence-electron chi connectivity index (χ4n) is 4.60. The van der Waals surface area contributed by atoms with Gasteiger partial charge in [0, 0.05) is 45.5 Å². The summed E-state index contributed by atoms with van der Waals surface area (Å²) in [5.74, 6) is 0.987. The van der Waals surface area contributed by atoms with Crippen molar-refractivity contribution >= 4 is 22.5 Å². The summed E-state index contributed by atoms with van der Waals surface area (Å²) < 4.78 is 6.10. The molecule has 0 radical (unpaired) electrons. The summed E-state index contributed by atoms with van der Waals surface area (Å²) in [5, 5.41) is 0.989. The first-order chi connectivity index (χ1) is 14.2. The average molecular weight is 396 g/mol. The largest absolute Gasteiger partial charge is 0.474 e. The minimum absolute atomic E-state index is 0.0587. The third-order valence-electron chi connectivity index (χ3n) is 6.67. The van der Waals surface area contributed by atoms with Gasteiger partial charge in [-0.1, -0.05) is 0 Å². The Bertz CT molecular complexity index is 892. The van der Waals surface area contributed by atoms with Crippen LogP contribution in [0.25, 0.3) is 10.9 Å². The Labute approximate surface area is 171 Å². The number of carbonyl (C=O) groups is 1. The number of piperidine rings is 1. The van der Waals surface area contributed by atoms with Crippen molar-refractivity contribution in [2.75, 3.05) is 44.7 Å². The minimum atomic E-state index is 0.0587. The van der Waals surface area contributed by atoms with E-state index in [-0.39, 0.29) is 11.9 Å². The molecule has 7 nitrogen and oxygen atoms in total. The molecule has 0 N–H and O–H groups in total. The first-order valence-corrected chi connectivity index (χ1v) is 10.8. The van der Waals surface area contributed by atoms with E-state index in [4.69, 9.17) is 4.74 Å². The molecule has 1 aromatic heterocycles. The van der Waals surface area contributed by atoms with E-state index < -0.39 is 0 Å². The molecule has 1 aliphatic carbocycles. The molecule has 3 fully saturated rings. The van der Waals surface area contributed by atoms with Crippen LogP contribution in [-0.4, -0.2) is 77.6 Å². The van der Waals surface area contributed by atoms with Gasteiger partial charge in [-0.05, 0) is 50.3 Å². The van der Waals surface area contributed by atoms with Gasteiger partial charge in [-0.3, -0.25) is 9.69 Å². The van der Waals surface area contributed by atoms with E-state index >= 15 is 0 Å². The smallest absolute Gasteiger partial charge is 0.239 e. The molecule has 1 aromatic carbocycles. The van der Waals surface area contributed by atoms with Gasteiger partial charge in [-0.15, -0.1) is 0 Å². The topological polar surface area (TPSA) is 61.8 Å². The van der Waals surface area contributed by atoms with E-state index in [9.17, 15) is 4.79 Å². The highest BCUT2D eigenvalue weighted by Gasteiger charge is 2.33. The number of likely N-dealkylation sites (N-methyl/N-ethyl adjacent to an activating group) is 1. The number of nitrogens with zero attached hydrogens (tertiary/aromatic N) is 5. The Morgan fingerprint density at radius 2 is 1.83 bits per heavy atom. The summed E-state index contributed by atoms with van der Waals surface area (Å²) in [6.45, 7) is 4.56. The molecule has 0 spiro atoms. The molecule has 3 heterocycles. The Hall–Kier alpha value is -2.41. The standard InChI is InChI=1S/C22H29N5O2/c1-25-9-3-6-20(22(25)28)27-12-10-26(11-13-27)16-7-8-19-18(14-16)21(24-15-23-19)29-17-4-2-5-17/h7-8,14-15,17,20H,2-6,9-13H2,1H3. The van der Waals surface area contributed by atoms with Crippen LogP contribution < -0.4 is 9.64 Å². The molecule has 5 rings (SSSR count). The number of anilines is 1. The van der Waals surface area contributed by atoms with Crippen LogP contribution in [0.1, 0.15) is 32.1 Å². The van der Waals surface area contributed by atoms with Crippen molar-refractivity contribution < 1.29 is 9.53 Å². The molecule has 154 valence electrons. The summed E-state index contributed by atoms with van der Waals surface area (Å²) in [7, 11) is 1.92. The predicted octanol–water partition coefficient (Wildman–Crippen LogP) is 2.30. The lowest BCUT2D eigenvalue weighted by molar-refractivity contribution is -0.138. The quantitative estimate of drug-likeness (QED) is 0.792. The highest BCUT2D eigenvalue weighted by atomic mass is 16.5. The van der Waals surface area contributed by atoms with Gasteiger partial charge in [0.15, 0.2) is 0 Å². The van der Waals surface area contributed by atoms with Crippen LogP contribution in [-0.2, 0) is 4.79 Å². The fourth-order valence-corrected chi connectivity index (χ4v) is 4.60. The van der Waals surface area contributed by atoms with E-state index in [1.54, 1.807) is 6.33 Å². The molecule has 3 aliphatic rings. The van der Waals surface area contributed by atoms with Crippen LogP contribution in [0.5, 0.6) is 5.88 Å². The number of amides is 1. The van der Waals surface area contributed by atoms with Crippen molar-refractivity contribution in [1.29, 1.82) is 0 Å². The number of likely N-dealkylation sites (tertiary alicyclic amines) is 1. The number of ether oxygens (including phenoxy) is 1. The second kappa shape index (κ2) is 7.78. The van der Waals surface area contributed by atoms with Crippen molar-refractivity contribution in [3.63, 3.8) is 0 Å². The van der Waals surface area contributed by atoms with Crippen LogP contribution in [0.15, 0.2) is 24.5 Å². The van der Waals surface area contributed by atoms with E-state index in [1.165, 1.54) is 12.1 Å². The van der Waals surface area contributed by atoms with Gasteiger partial charge >= 0.3 is 0 Å². The number of rotatable bonds is 4. The molecule has 0 bridgehead atoms. The van der Waals surface area contributed by atoms with Crippen LogP contribution in [0.2, 0.25) is 0 Å². The summed E-state index contributed by atoms with van der Waals surface area (Å²) in [6, 6.07) is 6.42. The van der Waals surface area contributed by atoms with Gasteiger partial charge < -0.3 is 14.5 Å². The lowest BCUT2D eigenvalue weighted by atomic mass is 9.96. The number of carbonyl (C=O) groups excluding carboxylic acids is 1. The summed E-state index contributed by atoms with van der Waals surface area (Å²) in [6.07, 6.45) is 7.44. The van der Waals surface area contributed by atoms with Crippen molar-refractivity contribution in [3.8, 4) is 5.88 Å². The van der Waals surface area contributed by atoms with Crippen LogP contribution in [0.3, 0.4) is 0 Å². The molecule has 2 aromatic rings. The summed E-state index contributed by atoms with van der Waals surface area (Å²) in [4.78, 5) is 28.0.